The number of halogens is 2. The van der Waals surface area contributed by atoms with Crippen molar-refractivity contribution in [3.63, 3.8) is 0 Å². The number of amides is 1. The van der Waals surface area contributed by atoms with E-state index in [1.54, 1.807) is 12.1 Å². The quantitative estimate of drug-likeness (QED) is 0.480. The number of aromatic nitrogens is 1. The molecule has 0 bridgehead atoms. The average molecular weight is 481 g/mol. The number of nitrogens with one attached hydrogen (secondary N) is 2. The van der Waals surface area contributed by atoms with Crippen LogP contribution in [-0.4, -0.2) is 41.0 Å². The highest BCUT2D eigenvalue weighted by molar-refractivity contribution is 6.30. The molecule has 1 fully saturated rings. The lowest BCUT2D eigenvalue weighted by atomic mass is 10.1. The smallest absolute Gasteiger partial charge is 0.237 e. The number of rotatable bonds is 9. The van der Waals surface area contributed by atoms with Crippen LogP contribution in [0.15, 0.2) is 66.7 Å². The van der Waals surface area contributed by atoms with Gasteiger partial charge in [0.1, 0.15) is 5.82 Å². The zero-order valence-electron chi connectivity index (χ0n) is 19.3. The number of aryl methyl sites for hydroxylation is 1. The highest BCUT2D eigenvalue weighted by Crippen LogP contribution is 2.23. The molecule has 1 amide bonds. The van der Waals surface area contributed by atoms with Gasteiger partial charge in [0.15, 0.2) is 0 Å². The summed E-state index contributed by atoms with van der Waals surface area (Å²) in [6.45, 7) is 4.40. The fraction of sp³-hybridized carbons (Fsp3) is 0.333. The Morgan fingerprint density at radius 2 is 1.97 bits per heavy atom. The van der Waals surface area contributed by atoms with Crippen LogP contribution in [0, 0.1) is 12.7 Å². The van der Waals surface area contributed by atoms with Crippen LogP contribution in [0.2, 0.25) is 5.02 Å². The van der Waals surface area contributed by atoms with E-state index in [4.69, 9.17) is 11.6 Å². The van der Waals surface area contributed by atoms with Gasteiger partial charge in [-0.25, -0.2) is 4.39 Å². The molecule has 0 spiro atoms. The molecule has 4 rings (SSSR count). The molecule has 2 heterocycles. The van der Waals surface area contributed by atoms with Crippen LogP contribution in [0.1, 0.15) is 28.9 Å². The van der Waals surface area contributed by atoms with E-state index in [-0.39, 0.29) is 23.8 Å². The van der Waals surface area contributed by atoms with Gasteiger partial charge in [0.05, 0.1) is 11.7 Å². The molecular formula is C27H30ClFN4O. The molecule has 2 atom stereocenters. The van der Waals surface area contributed by atoms with Gasteiger partial charge in [-0.1, -0.05) is 48.0 Å². The molecular weight excluding hydrogens is 451 g/mol. The van der Waals surface area contributed by atoms with Crippen molar-refractivity contribution >= 4 is 17.5 Å². The van der Waals surface area contributed by atoms with Gasteiger partial charge >= 0.3 is 0 Å². The number of carbonyl (C=O) groups excluding carboxylic acids is 1. The normalized spacial score (nSPS) is 18.2. The van der Waals surface area contributed by atoms with E-state index < -0.39 is 0 Å². The predicted octanol–water partition coefficient (Wildman–Crippen LogP) is 4.27. The van der Waals surface area contributed by atoms with Crippen LogP contribution in [0.3, 0.4) is 0 Å². The van der Waals surface area contributed by atoms with Crippen molar-refractivity contribution in [2.45, 2.75) is 44.9 Å². The van der Waals surface area contributed by atoms with Gasteiger partial charge in [0, 0.05) is 42.9 Å². The van der Waals surface area contributed by atoms with E-state index in [0.717, 1.165) is 23.5 Å². The number of benzene rings is 2. The number of pyridine rings is 1. The molecule has 2 aromatic carbocycles. The van der Waals surface area contributed by atoms with Gasteiger partial charge in [-0.3, -0.25) is 14.7 Å². The summed E-state index contributed by atoms with van der Waals surface area (Å²) in [5.74, 6) is -0.273. The largest absolute Gasteiger partial charge is 0.354 e. The molecule has 34 heavy (non-hydrogen) atoms. The van der Waals surface area contributed by atoms with Gasteiger partial charge in [-0.05, 0) is 61.2 Å². The second kappa shape index (κ2) is 11.6. The molecule has 7 heteroatoms. The average Bonchev–Trinajstić information content (AvgIpc) is 3.22. The Labute approximate surface area is 205 Å². The van der Waals surface area contributed by atoms with E-state index in [0.29, 0.717) is 43.1 Å². The van der Waals surface area contributed by atoms with Crippen molar-refractivity contribution in [2.75, 3.05) is 13.1 Å². The first-order valence-electron chi connectivity index (χ1n) is 11.6. The topological polar surface area (TPSA) is 57.3 Å². The molecule has 1 aliphatic rings. The minimum Gasteiger partial charge on any atom is -0.354 e. The number of likely N-dealkylation sites (tertiary alicyclic amines) is 1. The van der Waals surface area contributed by atoms with Crippen LogP contribution in [0.25, 0.3) is 0 Å². The lowest BCUT2D eigenvalue weighted by Crippen LogP contribution is -2.43. The first-order valence-corrected chi connectivity index (χ1v) is 12.0. The fourth-order valence-electron chi connectivity index (χ4n) is 4.45. The standard InChI is InChI=1S/C27H30ClFN4O/c1-19-6-4-10-23(32-19)16-31-24-15-26(33(18-24)17-20-7-5-9-22(28)14-20)27(34)30-13-12-21-8-2-3-11-25(21)29/h2-11,14,24,26,31H,12-13,15-18H2,1H3,(H,30,34)/t24-,26-/m0/s1. The summed E-state index contributed by atoms with van der Waals surface area (Å²) in [6.07, 6.45) is 1.15. The Kier molecular flexibility index (Phi) is 8.27. The summed E-state index contributed by atoms with van der Waals surface area (Å²) in [5.41, 5.74) is 3.65. The molecule has 1 aliphatic heterocycles. The van der Waals surface area contributed by atoms with Gasteiger partial charge < -0.3 is 10.6 Å². The minimum absolute atomic E-state index is 0.0312. The van der Waals surface area contributed by atoms with Crippen molar-refractivity contribution < 1.29 is 9.18 Å². The van der Waals surface area contributed by atoms with E-state index >= 15 is 0 Å². The summed E-state index contributed by atoms with van der Waals surface area (Å²) in [7, 11) is 0. The highest BCUT2D eigenvalue weighted by atomic mass is 35.5. The molecule has 0 unspecified atom stereocenters. The van der Waals surface area contributed by atoms with Crippen LogP contribution in [0.4, 0.5) is 4.39 Å². The number of hydrogen-bond donors (Lipinski definition) is 2. The molecule has 0 saturated carbocycles. The van der Waals surface area contributed by atoms with E-state index in [1.807, 2.05) is 55.5 Å². The Hall–Kier alpha value is -2.80. The minimum atomic E-state index is -0.275. The maximum absolute atomic E-state index is 13.9. The van der Waals surface area contributed by atoms with Crippen LogP contribution >= 0.6 is 11.6 Å². The maximum Gasteiger partial charge on any atom is 0.237 e. The third-order valence-corrected chi connectivity index (χ3v) is 6.39. The Morgan fingerprint density at radius 3 is 2.76 bits per heavy atom. The SMILES string of the molecule is Cc1cccc(CN[C@H]2C[C@@H](C(=O)NCCc3ccccc3F)N(Cc3cccc(Cl)c3)C2)n1. The summed E-state index contributed by atoms with van der Waals surface area (Å²) < 4.78 is 13.9. The van der Waals surface area contributed by atoms with Gasteiger partial charge in [0.2, 0.25) is 5.91 Å². The lowest BCUT2D eigenvalue weighted by molar-refractivity contribution is -0.125. The second-order valence-electron chi connectivity index (χ2n) is 8.79. The predicted molar refractivity (Wildman–Crippen MR) is 133 cm³/mol. The molecule has 0 aliphatic carbocycles. The van der Waals surface area contributed by atoms with Crippen molar-refractivity contribution in [3.8, 4) is 0 Å². The van der Waals surface area contributed by atoms with Crippen LogP contribution in [0.5, 0.6) is 0 Å². The Morgan fingerprint density at radius 1 is 1.15 bits per heavy atom. The Balaban J connectivity index is 1.39. The summed E-state index contributed by atoms with van der Waals surface area (Å²) in [6, 6.07) is 20.3. The maximum atomic E-state index is 13.9. The number of carbonyl (C=O) groups is 1. The molecule has 1 aromatic heterocycles. The monoisotopic (exact) mass is 480 g/mol. The third-order valence-electron chi connectivity index (χ3n) is 6.15. The zero-order valence-corrected chi connectivity index (χ0v) is 20.1. The van der Waals surface area contributed by atoms with Crippen molar-refractivity contribution in [2.24, 2.45) is 0 Å². The van der Waals surface area contributed by atoms with Gasteiger partial charge in [0.25, 0.3) is 0 Å². The number of nitrogens with zero attached hydrogens (tertiary/aromatic N) is 2. The molecule has 0 radical (unpaired) electrons. The fourth-order valence-corrected chi connectivity index (χ4v) is 4.67. The Bertz CT molecular complexity index is 1130. The highest BCUT2D eigenvalue weighted by Gasteiger charge is 2.36. The van der Waals surface area contributed by atoms with Gasteiger partial charge in [-0.15, -0.1) is 0 Å². The van der Waals surface area contributed by atoms with E-state index in [2.05, 4.69) is 20.5 Å². The first kappa shape index (κ1) is 24.3. The number of hydrogen-bond acceptors (Lipinski definition) is 4. The van der Waals surface area contributed by atoms with Crippen molar-refractivity contribution in [1.29, 1.82) is 0 Å². The first-order chi connectivity index (χ1) is 16.5. The zero-order chi connectivity index (χ0) is 23.9. The molecule has 1 saturated heterocycles. The van der Waals surface area contributed by atoms with Crippen LogP contribution in [-0.2, 0) is 24.3 Å². The molecule has 2 N–H and O–H groups in total. The molecule has 178 valence electrons. The van der Waals surface area contributed by atoms with Crippen molar-refractivity contribution in [1.82, 2.24) is 20.5 Å². The lowest BCUT2D eigenvalue weighted by Gasteiger charge is -2.23. The van der Waals surface area contributed by atoms with Crippen LogP contribution < -0.4 is 10.6 Å². The molecule has 5 nitrogen and oxygen atoms in total. The second-order valence-corrected chi connectivity index (χ2v) is 9.23. The van der Waals surface area contributed by atoms with Crippen molar-refractivity contribution in [3.05, 3.63) is 100 Å². The van der Waals surface area contributed by atoms with E-state index in [1.165, 1.54) is 6.07 Å². The summed E-state index contributed by atoms with van der Waals surface area (Å²) >= 11 is 6.18. The third kappa shape index (κ3) is 6.63. The van der Waals surface area contributed by atoms with E-state index in [9.17, 15) is 9.18 Å². The van der Waals surface area contributed by atoms with Gasteiger partial charge in [-0.2, -0.15) is 0 Å². The molecule has 3 aromatic rings. The summed E-state index contributed by atoms with van der Waals surface area (Å²) in [5, 5.41) is 7.27. The summed E-state index contributed by atoms with van der Waals surface area (Å²) in [4.78, 5) is 19.9.